The first-order valence-corrected chi connectivity index (χ1v) is 7.87. The van der Waals surface area contributed by atoms with E-state index in [0.717, 1.165) is 24.5 Å². The minimum absolute atomic E-state index is 0.0617. The summed E-state index contributed by atoms with van der Waals surface area (Å²) in [6, 6.07) is 3.24. The SMILES string of the molecule is CC(C)(CCl)C(=O)Nc1cc(S(C)(=O)=O)ccc1F. The topological polar surface area (TPSA) is 63.2 Å². The number of carbonyl (C=O) groups excluding carboxylic acids is 1. The summed E-state index contributed by atoms with van der Waals surface area (Å²) in [5.41, 5.74) is -1.05. The second-order valence-corrected chi connectivity index (χ2v) is 7.17. The highest BCUT2D eigenvalue weighted by Crippen LogP contribution is 2.24. The van der Waals surface area contributed by atoms with E-state index in [1.165, 1.54) is 0 Å². The zero-order valence-corrected chi connectivity index (χ0v) is 12.4. The van der Waals surface area contributed by atoms with E-state index in [-0.39, 0.29) is 16.5 Å². The maximum absolute atomic E-state index is 13.6. The number of nitrogens with one attached hydrogen (secondary N) is 1. The maximum Gasteiger partial charge on any atom is 0.231 e. The van der Waals surface area contributed by atoms with Gasteiger partial charge in [0.25, 0.3) is 0 Å². The molecule has 7 heteroatoms. The van der Waals surface area contributed by atoms with Gasteiger partial charge in [-0.2, -0.15) is 0 Å². The van der Waals surface area contributed by atoms with E-state index in [1.807, 2.05) is 0 Å². The average Bonchev–Trinajstić information content (AvgIpc) is 2.30. The molecule has 0 heterocycles. The number of halogens is 2. The van der Waals surface area contributed by atoms with E-state index in [0.29, 0.717) is 0 Å². The summed E-state index contributed by atoms with van der Waals surface area (Å²) < 4.78 is 36.3. The van der Waals surface area contributed by atoms with Crippen LogP contribution in [-0.2, 0) is 14.6 Å². The molecule has 4 nitrogen and oxygen atoms in total. The molecular formula is C12H15ClFNO3S. The Morgan fingerprint density at radius 3 is 2.47 bits per heavy atom. The van der Waals surface area contributed by atoms with E-state index in [4.69, 9.17) is 11.6 Å². The number of amides is 1. The van der Waals surface area contributed by atoms with E-state index in [1.54, 1.807) is 13.8 Å². The molecule has 0 fully saturated rings. The zero-order chi connectivity index (χ0) is 14.8. The molecule has 1 aromatic carbocycles. The third-order valence-corrected chi connectivity index (χ3v) is 4.34. The molecule has 0 radical (unpaired) electrons. The second-order valence-electron chi connectivity index (χ2n) is 4.89. The van der Waals surface area contributed by atoms with Crippen LogP contribution in [0, 0.1) is 11.2 Å². The first-order valence-electron chi connectivity index (χ1n) is 5.45. The van der Waals surface area contributed by atoms with E-state index in [2.05, 4.69) is 5.32 Å². The molecule has 0 bridgehead atoms. The Kier molecular flexibility index (Phi) is 4.58. The normalized spacial score (nSPS) is 12.3. The van der Waals surface area contributed by atoms with Crippen LogP contribution in [0.1, 0.15) is 13.8 Å². The number of alkyl halides is 1. The van der Waals surface area contributed by atoms with Crippen LogP contribution in [0.2, 0.25) is 0 Å². The van der Waals surface area contributed by atoms with Crippen molar-refractivity contribution in [1.82, 2.24) is 0 Å². The number of rotatable bonds is 4. The minimum atomic E-state index is -3.46. The number of anilines is 1. The molecule has 0 aromatic heterocycles. The first-order chi connectivity index (χ1) is 8.58. The molecule has 106 valence electrons. The molecular weight excluding hydrogens is 293 g/mol. The van der Waals surface area contributed by atoms with Gasteiger partial charge >= 0.3 is 0 Å². The summed E-state index contributed by atoms with van der Waals surface area (Å²) in [4.78, 5) is 11.8. The number of hydrogen-bond donors (Lipinski definition) is 1. The average molecular weight is 308 g/mol. The van der Waals surface area contributed by atoms with Crippen molar-refractivity contribution in [1.29, 1.82) is 0 Å². The van der Waals surface area contributed by atoms with Crippen LogP contribution in [0.5, 0.6) is 0 Å². The number of benzene rings is 1. The van der Waals surface area contributed by atoms with Crippen LogP contribution in [0.4, 0.5) is 10.1 Å². The van der Waals surface area contributed by atoms with Gasteiger partial charge in [-0.05, 0) is 32.0 Å². The molecule has 0 saturated heterocycles. The van der Waals surface area contributed by atoms with Gasteiger partial charge in [-0.25, -0.2) is 12.8 Å². The molecule has 0 aliphatic heterocycles. The van der Waals surface area contributed by atoms with Gasteiger partial charge in [-0.15, -0.1) is 11.6 Å². The first kappa shape index (κ1) is 15.9. The summed E-state index contributed by atoms with van der Waals surface area (Å²) >= 11 is 5.65. The van der Waals surface area contributed by atoms with Gasteiger partial charge in [0.05, 0.1) is 16.0 Å². The van der Waals surface area contributed by atoms with Crippen molar-refractivity contribution in [2.75, 3.05) is 17.5 Å². The molecule has 0 spiro atoms. The van der Waals surface area contributed by atoms with Crippen LogP contribution in [0.25, 0.3) is 0 Å². The molecule has 0 aliphatic carbocycles. The second kappa shape index (κ2) is 5.46. The lowest BCUT2D eigenvalue weighted by Gasteiger charge is -2.20. The number of sulfone groups is 1. The predicted molar refractivity (Wildman–Crippen MR) is 72.6 cm³/mol. The lowest BCUT2D eigenvalue weighted by atomic mass is 9.95. The molecule has 1 rings (SSSR count). The lowest BCUT2D eigenvalue weighted by Crippen LogP contribution is -2.32. The molecule has 0 saturated carbocycles. The van der Waals surface area contributed by atoms with Gasteiger partial charge in [0.1, 0.15) is 5.82 Å². The summed E-state index contributed by atoms with van der Waals surface area (Å²) in [7, 11) is -3.46. The van der Waals surface area contributed by atoms with Crippen molar-refractivity contribution < 1.29 is 17.6 Å². The largest absolute Gasteiger partial charge is 0.323 e. The van der Waals surface area contributed by atoms with Crippen LogP contribution < -0.4 is 5.32 Å². The summed E-state index contributed by atoms with van der Waals surface area (Å²) in [6.07, 6.45) is 1.01. The number of hydrogen-bond acceptors (Lipinski definition) is 3. The molecule has 19 heavy (non-hydrogen) atoms. The standard InChI is InChI=1S/C12H15ClFNO3S/c1-12(2,7-13)11(16)15-10-6-8(19(3,17)18)4-5-9(10)14/h4-6H,7H2,1-3H3,(H,15,16). The molecule has 0 atom stereocenters. The van der Waals surface area contributed by atoms with Crippen LogP contribution >= 0.6 is 11.6 Å². The van der Waals surface area contributed by atoms with Crippen molar-refractivity contribution in [3.63, 3.8) is 0 Å². The van der Waals surface area contributed by atoms with E-state index in [9.17, 15) is 17.6 Å². The smallest absolute Gasteiger partial charge is 0.231 e. The Balaban J connectivity index is 3.12. The fourth-order valence-corrected chi connectivity index (χ4v) is 1.95. The molecule has 0 unspecified atom stereocenters. The Morgan fingerprint density at radius 1 is 1.42 bits per heavy atom. The lowest BCUT2D eigenvalue weighted by molar-refractivity contribution is -0.123. The van der Waals surface area contributed by atoms with Gasteiger partial charge in [0.15, 0.2) is 9.84 Å². The van der Waals surface area contributed by atoms with E-state index < -0.39 is 27.0 Å². The Labute approximate surface area is 116 Å². The van der Waals surface area contributed by atoms with Crippen molar-refractivity contribution >= 4 is 33.0 Å². The fraction of sp³-hybridized carbons (Fsp3) is 0.417. The highest BCUT2D eigenvalue weighted by atomic mass is 35.5. The summed E-state index contributed by atoms with van der Waals surface area (Å²) in [5.74, 6) is -1.12. The van der Waals surface area contributed by atoms with Gasteiger partial charge < -0.3 is 5.32 Å². The number of carbonyl (C=O) groups is 1. The van der Waals surface area contributed by atoms with Gasteiger partial charge in [-0.1, -0.05) is 0 Å². The van der Waals surface area contributed by atoms with Gasteiger partial charge in [0, 0.05) is 12.1 Å². The summed E-state index contributed by atoms with van der Waals surface area (Å²) in [6.45, 7) is 3.21. The fourth-order valence-electron chi connectivity index (χ4n) is 1.18. The monoisotopic (exact) mass is 307 g/mol. The van der Waals surface area contributed by atoms with Crippen LogP contribution in [0.15, 0.2) is 23.1 Å². The highest BCUT2D eigenvalue weighted by molar-refractivity contribution is 7.90. The van der Waals surface area contributed by atoms with Gasteiger partial charge in [0.2, 0.25) is 5.91 Å². The quantitative estimate of drug-likeness (QED) is 0.686. The molecule has 1 N–H and O–H groups in total. The van der Waals surface area contributed by atoms with Crippen molar-refractivity contribution in [3.8, 4) is 0 Å². The van der Waals surface area contributed by atoms with Gasteiger partial charge in [-0.3, -0.25) is 4.79 Å². The van der Waals surface area contributed by atoms with Crippen molar-refractivity contribution in [2.45, 2.75) is 18.7 Å². The predicted octanol–water partition coefficient (Wildman–Crippen LogP) is 2.43. The molecule has 1 amide bonds. The Morgan fingerprint density at radius 2 is 2.00 bits per heavy atom. The Bertz CT molecular complexity index is 599. The Hall–Kier alpha value is -1.14. The third-order valence-electron chi connectivity index (χ3n) is 2.56. The minimum Gasteiger partial charge on any atom is -0.323 e. The summed E-state index contributed by atoms with van der Waals surface area (Å²) in [5, 5.41) is 2.35. The molecule has 1 aromatic rings. The van der Waals surface area contributed by atoms with Crippen molar-refractivity contribution in [2.24, 2.45) is 5.41 Å². The maximum atomic E-state index is 13.6. The van der Waals surface area contributed by atoms with Crippen LogP contribution in [0.3, 0.4) is 0 Å². The highest BCUT2D eigenvalue weighted by Gasteiger charge is 2.27. The van der Waals surface area contributed by atoms with Crippen LogP contribution in [-0.4, -0.2) is 26.5 Å². The zero-order valence-electron chi connectivity index (χ0n) is 10.8. The van der Waals surface area contributed by atoms with E-state index >= 15 is 0 Å². The van der Waals surface area contributed by atoms with Crippen molar-refractivity contribution in [3.05, 3.63) is 24.0 Å². The third kappa shape index (κ3) is 3.91. The molecule has 0 aliphatic rings.